The minimum atomic E-state index is -3.52. The van der Waals surface area contributed by atoms with Gasteiger partial charge >= 0.3 is 6.09 Å². The maximum Gasteiger partial charge on any atom is 0.407 e. The summed E-state index contributed by atoms with van der Waals surface area (Å²) in [4.78, 5) is 24.2. The summed E-state index contributed by atoms with van der Waals surface area (Å²) in [6, 6.07) is 6.44. The standard InChI is InChI=1S/C22H35N3O6S/c1-4-31-22(27)24-19(15-17(2)3)16-23-21(26)10-7-18-5-8-20(9-6-18)32(28,29)25-11-13-30-14-12-25/h5-6,8-9,17,19H,4,7,10-16H2,1-3H3,(H,23,26)(H,24,27). The highest BCUT2D eigenvalue weighted by atomic mass is 32.2. The normalized spacial score (nSPS) is 15.9. The van der Waals surface area contributed by atoms with Crippen molar-refractivity contribution >= 4 is 22.0 Å². The number of sulfonamides is 1. The van der Waals surface area contributed by atoms with E-state index in [1.54, 1.807) is 31.2 Å². The van der Waals surface area contributed by atoms with Gasteiger partial charge in [-0.2, -0.15) is 4.31 Å². The molecule has 1 atom stereocenters. The second kappa shape index (κ2) is 12.8. The van der Waals surface area contributed by atoms with Gasteiger partial charge in [0.25, 0.3) is 0 Å². The monoisotopic (exact) mass is 469 g/mol. The van der Waals surface area contributed by atoms with Crippen molar-refractivity contribution in [1.29, 1.82) is 0 Å². The largest absolute Gasteiger partial charge is 0.450 e. The topological polar surface area (TPSA) is 114 Å². The van der Waals surface area contributed by atoms with Crippen LogP contribution in [0.5, 0.6) is 0 Å². The summed E-state index contributed by atoms with van der Waals surface area (Å²) in [6.45, 7) is 7.96. The van der Waals surface area contributed by atoms with Gasteiger partial charge in [0.2, 0.25) is 15.9 Å². The lowest BCUT2D eigenvalue weighted by Gasteiger charge is -2.26. The molecule has 1 aromatic carbocycles. The number of aryl methyl sites for hydroxylation is 1. The first-order valence-corrected chi connectivity index (χ1v) is 12.5. The minimum absolute atomic E-state index is 0.130. The number of nitrogens with one attached hydrogen (secondary N) is 2. The molecule has 1 heterocycles. The van der Waals surface area contributed by atoms with Crippen molar-refractivity contribution in [3.63, 3.8) is 0 Å². The van der Waals surface area contributed by atoms with Crippen LogP contribution in [-0.2, 0) is 30.7 Å². The van der Waals surface area contributed by atoms with Crippen molar-refractivity contribution in [1.82, 2.24) is 14.9 Å². The maximum absolute atomic E-state index is 12.7. The summed E-state index contributed by atoms with van der Waals surface area (Å²) in [5.41, 5.74) is 0.879. The first-order chi connectivity index (χ1) is 15.2. The Labute approximate surface area is 190 Å². The lowest BCUT2D eigenvalue weighted by atomic mass is 10.0. The molecule has 1 saturated heterocycles. The molecule has 1 aliphatic rings. The fourth-order valence-electron chi connectivity index (χ4n) is 3.45. The van der Waals surface area contributed by atoms with E-state index in [9.17, 15) is 18.0 Å². The first kappa shape index (κ1) is 26.1. The maximum atomic E-state index is 12.7. The Kier molecular flexibility index (Phi) is 10.4. The lowest BCUT2D eigenvalue weighted by Crippen LogP contribution is -2.44. The van der Waals surface area contributed by atoms with Crippen LogP contribution in [0, 0.1) is 5.92 Å². The molecule has 180 valence electrons. The van der Waals surface area contributed by atoms with Crippen LogP contribution < -0.4 is 10.6 Å². The Morgan fingerprint density at radius 3 is 2.41 bits per heavy atom. The highest BCUT2D eigenvalue weighted by Gasteiger charge is 2.26. The summed E-state index contributed by atoms with van der Waals surface area (Å²) in [7, 11) is -3.52. The Morgan fingerprint density at radius 2 is 1.81 bits per heavy atom. The number of morpholine rings is 1. The number of carbonyl (C=O) groups excluding carboxylic acids is 2. The highest BCUT2D eigenvalue weighted by Crippen LogP contribution is 2.18. The zero-order valence-electron chi connectivity index (χ0n) is 19.1. The molecule has 2 amide bonds. The number of hydrogen-bond donors (Lipinski definition) is 2. The molecule has 0 saturated carbocycles. The van der Waals surface area contributed by atoms with Gasteiger partial charge in [-0.1, -0.05) is 26.0 Å². The molecule has 10 heteroatoms. The number of alkyl carbamates (subject to hydrolysis) is 1. The smallest absolute Gasteiger partial charge is 0.407 e. The van der Waals surface area contributed by atoms with E-state index in [1.807, 2.05) is 13.8 Å². The van der Waals surface area contributed by atoms with Crippen LogP contribution in [0.15, 0.2) is 29.2 Å². The fourth-order valence-corrected chi connectivity index (χ4v) is 4.86. The van der Waals surface area contributed by atoms with Crippen LogP contribution in [0.3, 0.4) is 0 Å². The van der Waals surface area contributed by atoms with Gasteiger partial charge in [0.15, 0.2) is 0 Å². The molecule has 9 nitrogen and oxygen atoms in total. The second-order valence-electron chi connectivity index (χ2n) is 8.16. The second-order valence-corrected chi connectivity index (χ2v) is 10.1. The molecule has 1 fully saturated rings. The number of nitrogens with zero attached hydrogens (tertiary/aromatic N) is 1. The third-order valence-corrected chi connectivity index (χ3v) is 6.98. The molecular formula is C22H35N3O6S. The summed E-state index contributed by atoms with van der Waals surface area (Å²) in [5.74, 6) is 0.223. The fraction of sp³-hybridized carbons (Fsp3) is 0.636. The van der Waals surface area contributed by atoms with Gasteiger partial charge in [0.05, 0.1) is 24.7 Å². The van der Waals surface area contributed by atoms with Crippen LogP contribution in [0.4, 0.5) is 4.79 Å². The Morgan fingerprint density at radius 1 is 1.16 bits per heavy atom. The summed E-state index contributed by atoms with van der Waals surface area (Å²) in [6.07, 6.45) is 0.991. The summed E-state index contributed by atoms with van der Waals surface area (Å²) in [5, 5.41) is 5.64. The third kappa shape index (κ3) is 8.40. The third-order valence-electron chi connectivity index (χ3n) is 5.07. The zero-order chi connectivity index (χ0) is 23.6. The van der Waals surface area contributed by atoms with Crippen LogP contribution in [0.2, 0.25) is 0 Å². The van der Waals surface area contributed by atoms with Gasteiger partial charge in [0.1, 0.15) is 0 Å². The molecule has 2 N–H and O–H groups in total. The number of carbonyl (C=O) groups is 2. The van der Waals surface area contributed by atoms with E-state index in [2.05, 4.69) is 10.6 Å². The molecular weight excluding hydrogens is 434 g/mol. The van der Waals surface area contributed by atoms with Crippen LogP contribution in [0.1, 0.15) is 39.2 Å². The SMILES string of the molecule is CCOC(=O)NC(CNC(=O)CCc1ccc(S(=O)(=O)N2CCOCC2)cc1)CC(C)C. The van der Waals surface area contributed by atoms with Crippen molar-refractivity contribution in [2.45, 2.75) is 51.0 Å². The van der Waals surface area contributed by atoms with E-state index in [0.29, 0.717) is 51.8 Å². The van der Waals surface area contributed by atoms with E-state index in [0.717, 1.165) is 12.0 Å². The molecule has 2 rings (SSSR count). The minimum Gasteiger partial charge on any atom is -0.450 e. The van der Waals surface area contributed by atoms with E-state index in [-0.39, 0.29) is 23.3 Å². The van der Waals surface area contributed by atoms with Gasteiger partial charge in [-0.15, -0.1) is 0 Å². The molecule has 0 radical (unpaired) electrons. The van der Waals surface area contributed by atoms with Crippen molar-refractivity contribution in [3.05, 3.63) is 29.8 Å². The molecule has 0 aliphatic carbocycles. The number of benzene rings is 1. The highest BCUT2D eigenvalue weighted by molar-refractivity contribution is 7.89. The Hall–Kier alpha value is -2.17. The molecule has 32 heavy (non-hydrogen) atoms. The average Bonchev–Trinajstić information content (AvgIpc) is 2.76. The van der Waals surface area contributed by atoms with Crippen molar-refractivity contribution < 1.29 is 27.5 Å². The van der Waals surface area contributed by atoms with E-state index in [1.165, 1.54) is 4.31 Å². The predicted molar refractivity (Wildman–Crippen MR) is 121 cm³/mol. The molecule has 0 aromatic heterocycles. The number of rotatable bonds is 11. The first-order valence-electron chi connectivity index (χ1n) is 11.1. The molecule has 1 unspecified atom stereocenters. The Balaban J connectivity index is 1.83. The average molecular weight is 470 g/mol. The molecule has 0 spiro atoms. The predicted octanol–water partition coefficient (Wildman–Crippen LogP) is 1.92. The van der Waals surface area contributed by atoms with Gasteiger partial charge in [0, 0.05) is 32.1 Å². The van der Waals surface area contributed by atoms with Gasteiger partial charge in [-0.25, -0.2) is 13.2 Å². The number of ether oxygens (including phenoxy) is 2. The van der Waals surface area contributed by atoms with Crippen molar-refractivity contribution in [2.24, 2.45) is 5.92 Å². The van der Waals surface area contributed by atoms with E-state index < -0.39 is 16.1 Å². The number of hydrogen-bond acceptors (Lipinski definition) is 6. The summed E-state index contributed by atoms with van der Waals surface area (Å²) < 4.78 is 36.9. The molecule has 0 bridgehead atoms. The van der Waals surface area contributed by atoms with Crippen LogP contribution in [0.25, 0.3) is 0 Å². The summed E-state index contributed by atoms with van der Waals surface area (Å²) >= 11 is 0. The molecule has 1 aromatic rings. The zero-order valence-corrected chi connectivity index (χ0v) is 19.9. The quantitative estimate of drug-likeness (QED) is 0.512. The van der Waals surface area contributed by atoms with Gasteiger partial charge in [-0.05, 0) is 43.4 Å². The van der Waals surface area contributed by atoms with E-state index >= 15 is 0 Å². The van der Waals surface area contributed by atoms with Crippen LogP contribution >= 0.6 is 0 Å². The van der Waals surface area contributed by atoms with Crippen LogP contribution in [-0.4, -0.2) is 70.2 Å². The van der Waals surface area contributed by atoms with Gasteiger partial charge in [-0.3, -0.25) is 4.79 Å². The van der Waals surface area contributed by atoms with Gasteiger partial charge < -0.3 is 20.1 Å². The van der Waals surface area contributed by atoms with E-state index in [4.69, 9.17) is 9.47 Å². The lowest BCUT2D eigenvalue weighted by molar-refractivity contribution is -0.121. The van der Waals surface area contributed by atoms with Crippen molar-refractivity contribution in [3.8, 4) is 0 Å². The molecule has 1 aliphatic heterocycles. The Bertz CT molecular complexity index is 836. The number of amides is 2. The van der Waals surface area contributed by atoms with Crippen molar-refractivity contribution in [2.75, 3.05) is 39.5 Å².